The van der Waals surface area contributed by atoms with Crippen LogP contribution in [0.1, 0.15) is 29.5 Å². The van der Waals surface area contributed by atoms with Gasteiger partial charge in [-0.25, -0.2) is 0 Å². The number of hydrogen-bond donors (Lipinski definition) is 1. The lowest BCUT2D eigenvalue weighted by atomic mass is 9.86. The minimum Gasteiger partial charge on any atom is -0.506 e. The molecule has 0 bridgehead atoms. The van der Waals surface area contributed by atoms with Gasteiger partial charge in [0.1, 0.15) is 12.3 Å². The van der Waals surface area contributed by atoms with Crippen LogP contribution in [0.5, 0.6) is 0 Å². The van der Waals surface area contributed by atoms with Crippen molar-refractivity contribution < 1.29 is 14.5 Å². The molecule has 0 radical (unpaired) electrons. The molecule has 7 aromatic rings. The van der Waals surface area contributed by atoms with E-state index in [4.69, 9.17) is 0 Å². The number of carbonyl (C=O) groups is 1. The molecule has 0 saturated heterocycles. The molecule has 2 aliphatic rings. The lowest BCUT2D eigenvalue weighted by molar-refractivity contribution is -0.436. The highest BCUT2D eigenvalue weighted by Gasteiger charge is 2.37. The summed E-state index contributed by atoms with van der Waals surface area (Å²) in [5, 5.41) is 18.4. The fraction of sp³-hybridized carbons (Fsp3) is 0.130. The van der Waals surface area contributed by atoms with Crippen molar-refractivity contribution in [3.63, 3.8) is 0 Å². The Labute approximate surface area is 291 Å². The molecular formula is C46H37N2O2+. The summed E-state index contributed by atoms with van der Waals surface area (Å²) in [6, 6.07) is 46.6. The first-order valence-electron chi connectivity index (χ1n) is 17.6. The zero-order valence-corrected chi connectivity index (χ0v) is 27.8. The molecule has 2 heterocycles. The molecule has 0 atom stereocenters. The third-order valence-corrected chi connectivity index (χ3v) is 10.4. The number of ketones is 1. The Kier molecular flexibility index (Phi) is 7.50. The van der Waals surface area contributed by atoms with E-state index in [-0.39, 0.29) is 11.5 Å². The number of aliphatic hydroxyl groups excluding tert-OH is 1. The number of nitrogens with zero attached hydrogens (tertiary/aromatic N) is 2. The lowest BCUT2D eigenvalue weighted by Gasteiger charge is -2.18. The van der Waals surface area contributed by atoms with Gasteiger partial charge in [0.2, 0.25) is 17.2 Å². The fourth-order valence-corrected chi connectivity index (χ4v) is 8.02. The van der Waals surface area contributed by atoms with E-state index in [0.29, 0.717) is 11.1 Å². The molecule has 1 N–H and O–H groups in total. The Balaban J connectivity index is 1.11. The molecule has 6 aromatic carbocycles. The minimum absolute atomic E-state index is 0.0646. The summed E-state index contributed by atoms with van der Waals surface area (Å²) in [6.07, 6.45) is 7.68. The van der Waals surface area contributed by atoms with Crippen LogP contribution in [0, 0.1) is 0 Å². The molecule has 1 aromatic heterocycles. The highest BCUT2D eigenvalue weighted by molar-refractivity contribution is 6.29. The summed E-state index contributed by atoms with van der Waals surface area (Å²) < 4.78 is 4.65. The molecule has 4 nitrogen and oxygen atoms in total. The number of hydrogen-bond acceptors (Lipinski definition) is 2. The van der Waals surface area contributed by atoms with Crippen molar-refractivity contribution in [2.75, 3.05) is 6.54 Å². The number of rotatable bonds is 10. The first-order valence-corrected chi connectivity index (χ1v) is 17.6. The van der Waals surface area contributed by atoms with Gasteiger partial charge in [0, 0.05) is 46.7 Å². The van der Waals surface area contributed by atoms with Crippen LogP contribution in [0.15, 0.2) is 156 Å². The highest BCUT2D eigenvalue weighted by Crippen LogP contribution is 2.38. The van der Waals surface area contributed by atoms with Crippen LogP contribution in [0.2, 0.25) is 0 Å². The number of aryl methyl sites for hydroxylation is 3. The van der Waals surface area contributed by atoms with Crippen molar-refractivity contribution >= 4 is 55.7 Å². The first kappa shape index (κ1) is 30.1. The Morgan fingerprint density at radius 2 is 1.28 bits per heavy atom. The maximum Gasteiger partial charge on any atom is 0.214 e. The number of allylic oxidation sites excluding steroid dienone is 3. The van der Waals surface area contributed by atoms with Gasteiger partial charge >= 0.3 is 0 Å². The van der Waals surface area contributed by atoms with Crippen molar-refractivity contribution in [3.05, 3.63) is 178 Å². The summed E-state index contributed by atoms with van der Waals surface area (Å²) in [5.41, 5.74) is 7.73. The molecule has 0 fully saturated rings. The van der Waals surface area contributed by atoms with Crippen molar-refractivity contribution in [3.8, 4) is 0 Å². The standard InChI is InChI=1S/C46H36N2O2/c49-45-37(29-41-35-23-7-19-33-21-9-25-39(43(33)35)47(41)27-11-17-31-13-3-1-4-14-31)46(50)38(45)30-42-36-24-8-20-34-22-10-26-40(44(34)36)48(42)28-12-18-32-15-5-2-6-16-32/h1-10,13-16,19-26,29-30H,11-12,17-18,27-28H2/p+1. The van der Waals surface area contributed by atoms with Gasteiger partial charge in [-0.1, -0.05) is 115 Å². The van der Waals surface area contributed by atoms with Crippen LogP contribution < -0.4 is 5.35 Å². The third-order valence-electron chi connectivity index (χ3n) is 10.4. The zero-order valence-electron chi connectivity index (χ0n) is 27.8. The molecule has 4 heteroatoms. The Morgan fingerprint density at radius 1 is 0.640 bits per heavy atom. The van der Waals surface area contributed by atoms with Crippen molar-refractivity contribution in [2.45, 2.75) is 32.2 Å². The molecule has 9 rings (SSSR count). The van der Waals surface area contributed by atoms with E-state index in [2.05, 4.69) is 143 Å². The molecule has 1 aliphatic carbocycles. The molecule has 0 saturated carbocycles. The minimum atomic E-state index is -0.123. The smallest absolute Gasteiger partial charge is 0.214 e. The molecule has 242 valence electrons. The quantitative estimate of drug-likeness (QED) is 0.119. The lowest BCUT2D eigenvalue weighted by Crippen LogP contribution is -2.26. The van der Waals surface area contributed by atoms with E-state index < -0.39 is 0 Å². The number of Topliss-reactive ketones (excluding diaryl/α,β-unsaturated/α-hetero) is 1. The van der Waals surface area contributed by atoms with Crippen molar-refractivity contribution in [1.82, 2.24) is 4.57 Å². The SMILES string of the molecule is O=C1C(/C=c2/c3cccc4cccc(c43)n2CCCc2ccccc2)=C(O)C/1=C/C1=[N+](CCCc2ccccc2)c2cccc3cccc1c23. The van der Waals surface area contributed by atoms with E-state index >= 15 is 0 Å². The number of aliphatic hydroxyl groups is 1. The van der Waals surface area contributed by atoms with Gasteiger partial charge in [-0.05, 0) is 59.4 Å². The van der Waals surface area contributed by atoms with Gasteiger partial charge in [-0.15, -0.1) is 0 Å². The molecule has 50 heavy (non-hydrogen) atoms. The second-order valence-electron chi connectivity index (χ2n) is 13.4. The monoisotopic (exact) mass is 649 g/mol. The Bertz CT molecular complexity index is 2590. The highest BCUT2D eigenvalue weighted by atomic mass is 16.3. The summed E-state index contributed by atoms with van der Waals surface area (Å²) >= 11 is 0. The Morgan fingerprint density at radius 3 is 2.00 bits per heavy atom. The number of benzene rings is 6. The van der Waals surface area contributed by atoms with Crippen LogP contribution in [-0.2, 0) is 24.2 Å². The van der Waals surface area contributed by atoms with Crippen molar-refractivity contribution in [1.29, 1.82) is 0 Å². The van der Waals surface area contributed by atoms with Crippen LogP contribution >= 0.6 is 0 Å². The Hall–Kier alpha value is -6.00. The van der Waals surface area contributed by atoms with Crippen LogP contribution in [0.3, 0.4) is 0 Å². The maximum atomic E-state index is 14.0. The molecule has 0 amide bonds. The first-order chi connectivity index (χ1) is 24.7. The van der Waals surface area contributed by atoms with Gasteiger partial charge < -0.3 is 9.67 Å². The summed E-state index contributed by atoms with van der Waals surface area (Å²) in [4.78, 5) is 14.0. The predicted molar refractivity (Wildman–Crippen MR) is 204 cm³/mol. The van der Waals surface area contributed by atoms with E-state index in [1.54, 1.807) is 0 Å². The summed E-state index contributed by atoms with van der Waals surface area (Å²) in [6.45, 7) is 1.61. The van der Waals surface area contributed by atoms with E-state index in [1.807, 2.05) is 12.2 Å². The van der Waals surface area contributed by atoms with Gasteiger partial charge in [0.25, 0.3) is 0 Å². The van der Waals surface area contributed by atoms with Gasteiger partial charge in [-0.2, -0.15) is 4.58 Å². The van der Waals surface area contributed by atoms with E-state index in [0.717, 1.165) is 72.0 Å². The topological polar surface area (TPSA) is 45.2 Å². The fourth-order valence-electron chi connectivity index (χ4n) is 8.02. The molecular weight excluding hydrogens is 613 g/mol. The average Bonchev–Trinajstić information content (AvgIpc) is 3.63. The van der Waals surface area contributed by atoms with E-state index in [1.165, 1.54) is 32.7 Å². The van der Waals surface area contributed by atoms with Crippen molar-refractivity contribution in [2.24, 2.45) is 0 Å². The molecule has 0 unspecified atom stereocenters. The second-order valence-corrected chi connectivity index (χ2v) is 13.4. The second kappa shape index (κ2) is 12.5. The van der Waals surface area contributed by atoms with Crippen LogP contribution in [0.25, 0.3) is 38.5 Å². The van der Waals surface area contributed by atoms with Crippen LogP contribution in [0.4, 0.5) is 5.69 Å². The summed E-state index contributed by atoms with van der Waals surface area (Å²) in [5.74, 6) is -0.0584. The number of carbonyl (C=O) groups excluding carboxylic acids is 1. The maximum absolute atomic E-state index is 14.0. The van der Waals surface area contributed by atoms with Gasteiger partial charge in [-0.3, -0.25) is 4.79 Å². The number of aromatic nitrogens is 1. The largest absolute Gasteiger partial charge is 0.506 e. The normalized spacial score (nSPS) is 15.4. The van der Waals surface area contributed by atoms with E-state index in [9.17, 15) is 9.90 Å². The van der Waals surface area contributed by atoms with Gasteiger partial charge in [0.15, 0.2) is 0 Å². The van der Waals surface area contributed by atoms with Gasteiger partial charge in [0.05, 0.1) is 22.1 Å². The average molecular weight is 650 g/mol. The zero-order chi connectivity index (χ0) is 33.6. The predicted octanol–water partition coefficient (Wildman–Crippen LogP) is 9.18. The molecule has 1 aliphatic heterocycles. The van der Waals surface area contributed by atoms with Crippen LogP contribution in [-0.4, -0.2) is 32.3 Å². The summed E-state index contributed by atoms with van der Waals surface area (Å²) in [7, 11) is 0. The third kappa shape index (κ3) is 5.07. The molecule has 0 spiro atoms.